The summed E-state index contributed by atoms with van der Waals surface area (Å²) < 4.78 is 26.3. The lowest BCUT2D eigenvalue weighted by molar-refractivity contribution is 0.469. The number of hydrogen-bond donors (Lipinski definition) is 0. The molecule has 0 bridgehead atoms. The maximum Gasteiger partial charge on any atom is 0.246 e. The molecule has 9 heteroatoms. The topological polar surface area (TPSA) is 63.2 Å². The summed E-state index contributed by atoms with van der Waals surface area (Å²) in [7, 11) is -2.15. The summed E-state index contributed by atoms with van der Waals surface area (Å²) in [6, 6.07) is 3.52. The molecule has 2 heterocycles. The zero-order chi connectivity index (χ0) is 14.0. The van der Waals surface area contributed by atoms with E-state index in [1.165, 1.54) is 35.1 Å². The normalized spacial score (nSPS) is 12.0. The van der Waals surface area contributed by atoms with Crippen LogP contribution in [0.5, 0.6) is 0 Å². The van der Waals surface area contributed by atoms with E-state index in [1.54, 1.807) is 12.1 Å². The first-order valence-electron chi connectivity index (χ1n) is 5.07. The van der Waals surface area contributed by atoms with Gasteiger partial charge in [-0.15, -0.1) is 11.3 Å². The number of thiophene rings is 1. The van der Waals surface area contributed by atoms with Crippen molar-refractivity contribution >= 4 is 44.6 Å². The third-order valence-corrected chi connectivity index (χ3v) is 5.48. The van der Waals surface area contributed by atoms with Gasteiger partial charge in [-0.05, 0) is 23.7 Å². The highest BCUT2D eigenvalue weighted by Crippen LogP contribution is 2.24. The summed E-state index contributed by atoms with van der Waals surface area (Å²) in [4.78, 5) is 8.19. The highest BCUT2D eigenvalue weighted by atomic mass is 35.5. The lowest BCUT2D eigenvalue weighted by Gasteiger charge is -2.15. The first-order valence-corrected chi connectivity index (χ1v) is 8.09. The van der Waals surface area contributed by atoms with E-state index < -0.39 is 10.0 Å². The first-order chi connectivity index (χ1) is 8.89. The van der Waals surface area contributed by atoms with Crippen molar-refractivity contribution in [2.75, 3.05) is 7.05 Å². The van der Waals surface area contributed by atoms with Gasteiger partial charge in [0, 0.05) is 18.5 Å². The van der Waals surface area contributed by atoms with Gasteiger partial charge in [0.15, 0.2) is 0 Å². The summed E-state index contributed by atoms with van der Waals surface area (Å²) in [5.41, 5.74) is 0. The van der Waals surface area contributed by atoms with Crippen LogP contribution in [-0.4, -0.2) is 29.7 Å². The standard InChI is InChI=1S/C10H9Cl2N3O2S2/c1-15(6-7-2-3-9(11)18-7)19(16,17)8-4-13-10(12)14-5-8/h2-5H,6H2,1H3. The molecule has 0 N–H and O–H groups in total. The van der Waals surface area contributed by atoms with Crippen LogP contribution in [0.4, 0.5) is 0 Å². The van der Waals surface area contributed by atoms with Crippen molar-refractivity contribution in [1.29, 1.82) is 0 Å². The van der Waals surface area contributed by atoms with Crippen molar-refractivity contribution in [2.45, 2.75) is 11.4 Å². The van der Waals surface area contributed by atoms with E-state index >= 15 is 0 Å². The Morgan fingerprint density at radius 2 is 1.89 bits per heavy atom. The molecule has 0 amide bonds. The molecule has 0 saturated carbocycles. The Kier molecular flexibility index (Phi) is 4.42. The quantitative estimate of drug-likeness (QED) is 0.804. The van der Waals surface area contributed by atoms with E-state index in [2.05, 4.69) is 9.97 Å². The second-order valence-electron chi connectivity index (χ2n) is 3.65. The van der Waals surface area contributed by atoms with Gasteiger partial charge < -0.3 is 0 Å². The molecule has 0 aliphatic heterocycles. The smallest absolute Gasteiger partial charge is 0.225 e. The molecule has 0 spiro atoms. The largest absolute Gasteiger partial charge is 0.246 e. The zero-order valence-electron chi connectivity index (χ0n) is 9.75. The van der Waals surface area contributed by atoms with Crippen molar-refractivity contribution in [3.05, 3.63) is 39.0 Å². The average molecular weight is 338 g/mol. The number of nitrogens with zero attached hydrogens (tertiary/aromatic N) is 3. The Morgan fingerprint density at radius 1 is 1.26 bits per heavy atom. The summed E-state index contributed by atoms with van der Waals surface area (Å²) >= 11 is 12.7. The fourth-order valence-corrected chi connectivity index (χ4v) is 3.72. The lowest BCUT2D eigenvalue weighted by atomic mass is 10.5. The van der Waals surface area contributed by atoms with E-state index in [4.69, 9.17) is 23.2 Å². The Balaban J connectivity index is 2.21. The molecule has 0 saturated heterocycles. The minimum atomic E-state index is -3.63. The maximum atomic E-state index is 12.2. The van der Waals surface area contributed by atoms with Crippen LogP contribution in [0.25, 0.3) is 0 Å². The molecule has 2 aromatic rings. The predicted octanol–water partition coefficient (Wildman–Crippen LogP) is 2.67. The summed E-state index contributed by atoms with van der Waals surface area (Å²) in [5.74, 6) is 0. The Morgan fingerprint density at radius 3 is 2.42 bits per heavy atom. The number of aromatic nitrogens is 2. The summed E-state index contributed by atoms with van der Waals surface area (Å²) in [6.07, 6.45) is 2.37. The SMILES string of the molecule is CN(Cc1ccc(Cl)s1)S(=O)(=O)c1cnc(Cl)nc1. The van der Waals surface area contributed by atoms with E-state index in [1.807, 2.05) is 0 Å². The van der Waals surface area contributed by atoms with Crippen molar-refractivity contribution in [2.24, 2.45) is 0 Å². The van der Waals surface area contributed by atoms with Crippen LogP contribution in [0, 0.1) is 0 Å². The van der Waals surface area contributed by atoms with Crippen LogP contribution in [0.15, 0.2) is 29.4 Å². The molecule has 0 aliphatic rings. The number of rotatable bonds is 4. The van der Waals surface area contributed by atoms with Gasteiger partial charge in [0.05, 0.1) is 16.7 Å². The van der Waals surface area contributed by atoms with Crippen LogP contribution >= 0.6 is 34.5 Å². The minimum Gasteiger partial charge on any atom is -0.225 e. The minimum absolute atomic E-state index is 0.00190. The van der Waals surface area contributed by atoms with Crippen molar-refractivity contribution < 1.29 is 8.42 Å². The molecule has 0 radical (unpaired) electrons. The highest BCUT2D eigenvalue weighted by Gasteiger charge is 2.22. The van der Waals surface area contributed by atoms with E-state index in [-0.39, 0.29) is 16.7 Å². The van der Waals surface area contributed by atoms with Gasteiger partial charge in [-0.3, -0.25) is 0 Å². The van der Waals surface area contributed by atoms with Crippen molar-refractivity contribution in [1.82, 2.24) is 14.3 Å². The van der Waals surface area contributed by atoms with Gasteiger partial charge in [-0.25, -0.2) is 18.4 Å². The number of hydrogen-bond acceptors (Lipinski definition) is 5. The fraction of sp³-hybridized carbons (Fsp3) is 0.200. The van der Waals surface area contributed by atoms with E-state index in [0.717, 1.165) is 4.88 Å². The predicted molar refractivity (Wildman–Crippen MR) is 75.0 cm³/mol. The van der Waals surface area contributed by atoms with Crippen molar-refractivity contribution in [3.8, 4) is 0 Å². The Bertz CT molecular complexity index is 670. The molecule has 0 fully saturated rings. The number of halogens is 2. The molecule has 5 nitrogen and oxygen atoms in total. The summed E-state index contributed by atoms with van der Waals surface area (Å²) in [5, 5.41) is 0.00615. The second-order valence-corrected chi connectivity index (χ2v) is 7.84. The zero-order valence-corrected chi connectivity index (χ0v) is 12.9. The van der Waals surface area contributed by atoms with Crippen LogP contribution < -0.4 is 0 Å². The monoisotopic (exact) mass is 337 g/mol. The molecule has 2 rings (SSSR count). The molecule has 0 aromatic carbocycles. The van der Waals surface area contributed by atoms with Crippen LogP contribution in [0.2, 0.25) is 9.62 Å². The molecule has 0 aliphatic carbocycles. The molecule has 19 heavy (non-hydrogen) atoms. The van der Waals surface area contributed by atoms with Gasteiger partial charge in [0.1, 0.15) is 4.90 Å². The van der Waals surface area contributed by atoms with Crippen molar-refractivity contribution in [3.63, 3.8) is 0 Å². The lowest BCUT2D eigenvalue weighted by Crippen LogP contribution is -2.26. The first kappa shape index (κ1) is 14.7. The van der Waals surface area contributed by atoms with Gasteiger partial charge in [-0.2, -0.15) is 4.31 Å². The Hall–Kier alpha value is -0.730. The molecule has 0 atom stereocenters. The van der Waals surface area contributed by atoms with Gasteiger partial charge in [0.2, 0.25) is 15.3 Å². The third kappa shape index (κ3) is 3.43. The number of sulfonamides is 1. The van der Waals surface area contributed by atoms with Gasteiger partial charge >= 0.3 is 0 Å². The van der Waals surface area contributed by atoms with Gasteiger partial charge in [-0.1, -0.05) is 11.6 Å². The molecular formula is C10H9Cl2N3O2S2. The molecule has 102 valence electrons. The molecular weight excluding hydrogens is 329 g/mol. The maximum absolute atomic E-state index is 12.2. The average Bonchev–Trinajstić information content (AvgIpc) is 2.75. The third-order valence-electron chi connectivity index (χ3n) is 2.31. The van der Waals surface area contributed by atoms with Gasteiger partial charge in [0.25, 0.3) is 0 Å². The van der Waals surface area contributed by atoms with Crippen LogP contribution in [-0.2, 0) is 16.6 Å². The van der Waals surface area contributed by atoms with Crippen LogP contribution in [0.1, 0.15) is 4.88 Å². The fourth-order valence-electron chi connectivity index (χ4n) is 1.35. The van der Waals surface area contributed by atoms with E-state index in [0.29, 0.717) is 4.34 Å². The second kappa shape index (κ2) is 5.72. The van der Waals surface area contributed by atoms with Crippen LogP contribution in [0.3, 0.4) is 0 Å². The Labute approximate surface area is 124 Å². The summed E-state index contributed by atoms with van der Waals surface area (Å²) in [6.45, 7) is 0.238. The molecule has 0 unspecified atom stereocenters. The highest BCUT2D eigenvalue weighted by molar-refractivity contribution is 7.89. The van der Waals surface area contributed by atoms with E-state index in [9.17, 15) is 8.42 Å². The molecule has 2 aromatic heterocycles.